The van der Waals surface area contributed by atoms with Crippen LogP contribution in [0.5, 0.6) is 0 Å². The third-order valence-electron chi connectivity index (χ3n) is 3.70. The Labute approximate surface area is 126 Å². The number of amides is 2. The fourth-order valence-electron chi connectivity index (χ4n) is 2.45. The van der Waals surface area contributed by atoms with Crippen molar-refractivity contribution in [2.24, 2.45) is 5.92 Å². The fourth-order valence-corrected chi connectivity index (χ4v) is 2.45. The minimum absolute atomic E-state index is 0.0471. The number of halogens is 3. The number of carbonyl (C=O) groups is 2. The highest BCUT2D eigenvalue weighted by molar-refractivity contribution is 5.94. The largest absolute Gasteiger partial charge is 0.416 e. The number of alkyl halides is 3. The van der Waals surface area contributed by atoms with Crippen LogP contribution in [0.25, 0.3) is 0 Å². The van der Waals surface area contributed by atoms with Gasteiger partial charge in [0.15, 0.2) is 0 Å². The van der Waals surface area contributed by atoms with E-state index in [0.717, 1.165) is 24.3 Å². The van der Waals surface area contributed by atoms with Crippen molar-refractivity contribution in [1.82, 2.24) is 10.2 Å². The molecule has 1 aliphatic heterocycles. The minimum atomic E-state index is -4.41. The average molecular weight is 314 g/mol. The lowest BCUT2D eigenvalue weighted by Gasteiger charge is -2.14. The monoisotopic (exact) mass is 314 g/mol. The summed E-state index contributed by atoms with van der Waals surface area (Å²) in [5, 5.41) is 2.67. The van der Waals surface area contributed by atoms with Crippen LogP contribution >= 0.6 is 0 Å². The van der Waals surface area contributed by atoms with Gasteiger partial charge in [0.05, 0.1) is 5.56 Å². The van der Waals surface area contributed by atoms with Crippen molar-refractivity contribution >= 4 is 11.8 Å². The Morgan fingerprint density at radius 3 is 2.45 bits per heavy atom. The van der Waals surface area contributed by atoms with Gasteiger partial charge in [0.1, 0.15) is 0 Å². The third-order valence-corrected chi connectivity index (χ3v) is 3.70. The summed E-state index contributed by atoms with van der Waals surface area (Å²) in [6.07, 6.45) is -4.02. The van der Waals surface area contributed by atoms with E-state index in [-0.39, 0.29) is 17.4 Å². The van der Waals surface area contributed by atoms with E-state index >= 15 is 0 Å². The number of benzene rings is 1. The van der Waals surface area contributed by atoms with E-state index in [0.29, 0.717) is 26.1 Å². The normalized spacial score (nSPS) is 18.6. The zero-order valence-electron chi connectivity index (χ0n) is 12.1. The molecule has 1 aromatic carbocycles. The Hall–Kier alpha value is -2.05. The summed E-state index contributed by atoms with van der Waals surface area (Å²) >= 11 is 0. The molecule has 1 aliphatic rings. The maximum Gasteiger partial charge on any atom is 0.416 e. The van der Waals surface area contributed by atoms with Crippen molar-refractivity contribution in [3.63, 3.8) is 0 Å². The minimum Gasteiger partial charge on any atom is -0.352 e. The summed E-state index contributed by atoms with van der Waals surface area (Å²) in [5.41, 5.74) is -0.617. The molecule has 1 saturated heterocycles. The topological polar surface area (TPSA) is 49.4 Å². The average Bonchev–Trinajstić information content (AvgIpc) is 2.84. The summed E-state index contributed by atoms with van der Waals surface area (Å²) in [7, 11) is 0. The van der Waals surface area contributed by atoms with Crippen LogP contribution < -0.4 is 5.32 Å². The molecule has 0 aromatic heterocycles. The van der Waals surface area contributed by atoms with Crippen LogP contribution in [0.4, 0.5) is 13.2 Å². The molecule has 4 nitrogen and oxygen atoms in total. The Bertz CT molecular complexity index is 555. The molecular weight excluding hydrogens is 297 g/mol. The summed E-state index contributed by atoms with van der Waals surface area (Å²) in [6, 6.07) is 4.06. The van der Waals surface area contributed by atoms with E-state index in [9.17, 15) is 22.8 Å². The SMILES string of the molecule is CCN1CC(CNC(=O)c2ccc(C(F)(F)F)cc2)CC1=O. The van der Waals surface area contributed by atoms with E-state index in [1.54, 1.807) is 4.90 Å². The molecule has 0 bridgehead atoms. The number of nitrogens with zero attached hydrogens (tertiary/aromatic N) is 1. The molecule has 2 amide bonds. The van der Waals surface area contributed by atoms with Gasteiger partial charge in [0.25, 0.3) is 5.91 Å². The van der Waals surface area contributed by atoms with Gasteiger partial charge in [-0.2, -0.15) is 13.2 Å². The van der Waals surface area contributed by atoms with Crippen molar-refractivity contribution in [2.45, 2.75) is 19.5 Å². The summed E-state index contributed by atoms with van der Waals surface area (Å²) in [5.74, 6) is -0.321. The highest BCUT2D eigenvalue weighted by Gasteiger charge is 2.30. The van der Waals surface area contributed by atoms with Crippen molar-refractivity contribution < 1.29 is 22.8 Å². The second-order valence-electron chi connectivity index (χ2n) is 5.29. The smallest absolute Gasteiger partial charge is 0.352 e. The standard InChI is InChI=1S/C15H17F3N2O2/c1-2-20-9-10(7-13(20)21)8-19-14(22)11-3-5-12(6-4-11)15(16,17)18/h3-6,10H,2,7-9H2,1H3,(H,19,22). The van der Waals surface area contributed by atoms with Crippen LogP contribution in [0.15, 0.2) is 24.3 Å². The van der Waals surface area contributed by atoms with Crippen molar-refractivity contribution in [3.05, 3.63) is 35.4 Å². The Balaban J connectivity index is 1.89. The number of hydrogen-bond donors (Lipinski definition) is 1. The molecule has 7 heteroatoms. The third kappa shape index (κ3) is 3.78. The second kappa shape index (κ2) is 6.37. The first-order valence-electron chi connectivity index (χ1n) is 7.04. The number of nitrogens with one attached hydrogen (secondary N) is 1. The van der Waals surface area contributed by atoms with Gasteiger partial charge in [0.2, 0.25) is 5.91 Å². The lowest BCUT2D eigenvalue weighted by atomic mass is 10.1. The van der Waals surface area contributed by atoms with Crippen LogP contribution in [-0.4, -0.2) is 36.3 Å². The van der Waals surface area contributed by atoms with Gasteiger partial charge in [-0.25, -0.2) is 0 Å². The van der Waals surface area contributed by atoms with Crippen LogP contribution in [-0.2, 0) is 11.0 Å². The predicted molar refractivity (Wildman–Crippen MR) is 74.1 cm³/mol. The molecule has 0 aliphatic carbocycles. The lowest BCUT2D eigenvalue weighted by Crippen LogP contribution is -2.31. The van der Waals surface area contributed by atoms with Gasteiger partial charge < -0.3 is 10.2 Å². The highest BCUT2D eigenvalue weighted by atomic mass is 19.4. The first kappa shape index (κ1) is 16.3. The van der Waals surface area contributed by atoms with Gasteiger partial charge >= 0.3 is 6.18 Å². The first-order valence-corrected chi connectivity index (χ1v) is 7.04. The molecule has 0 radical (unpaired) electrons. The second-order valence-corrected chi connectivity index (χ2v) is 5.29. The fraction of sp³-hybridized carbons (Fsp3) is 0.467. The molecule has 0 saturated carbocycles. The van der Waals surface area contributed by atoms with Crippen LogP contribution in [0.3, 0.4) is 0 Å². The van der Waals surface area contributed by atoms with Crippen LogP contribution in [0, 0.1) is 5.92 Å². The number of likely N-dealkylation sites (tertiary alicyclic amines) is 1. The Kier molecular flexibility index (Phi) is 4.73. The molecule has 0 spiro atoms. The van der Waals surface area contributed by atoms with Gasteiger partial charge in [-0.05, 0) is 31.2 Å². The molecule has 120 valence electrons. The van der Waals surface area contributed by atoms with Crippen molar-refractivity contribution in [3.8, 4) is 0 Å². The van der Waals surface area contributed by atoms with Gasteiger partial charge in [-0.1, -0.05) is 0 Å². The molecule has 1 atom stereocenters. The maximum absolute atomic E-state index is 12.4. The summed E-state index contributed by atoms with van der Waals surface area (Å²) < 4.78 is 37.3. The van der Waals surface area contributed by atoms with Gasteiger partial charge in [-0.15, -0.1) is 0 Å². The zero-order chi connectivity index (χ0) is 16.3. The first-order chi connectivity index (χ1) is 10.3. The van der Waals surface area contributed by atoms with Gasteiger partial charge in [-0.3, -0.25) is 9.59 Å². The van der Waals surface area contributed by atoms with Crippen molar-refractivity contribution in [2.75, 3.05) is 19.6 Å². The molecule has 1 aromatic rings. The maximum atomic E-state index is 12.4. The highest BCUT2D eigenvalue weighted by Crippen LogP contribution is 2.29. The Morgan fingerprint density at radius 1 is 1.32 bits per heavy atom. The molecule has 1 unspecified atom stereocenters. The molecule has 1 heterocycles. The summed E-state index contributed by atoms with van der Waals surface area (Å²) in [6.45, 7) is 3.47. The van der Waals surface area contributed by atoms with E-state index in [1.165, 1.54) is 0 Å². The molecule has 2 rings (SSSR count). The number of rotatable bonds is 4. The predicted octanol–water partition coefficient (Wildman–Crippen LogP) is 2.30. The molecular formula is C15H17F3N2O2. The molecule has 1 fully saturated rings. The molecule has 1 N–H and O–H groups in total. The van der Waals surface area contributed by atoms with E-state index in [2.05, 4.69) is 5.32 Å². The number of hydrogen-bond acceptors (Lipinski definition) is 2. The zero-order valence-corrected chi connectivity index (χ0v) is 12.1. The van der Waals surface area contributed by atoms with E-state index in [4.69, 9.17) is 0 Å². The van der Waals surface area contributed by atoms with E-state index < -0.39 is 17.6 Å². The van der Waals surface area contributed by atoms with Gasteiger partial charge in [0, 0.05) is 37.5 Å². The van der Waals surface area contributed by atoms with Crippen LogP contribution in [0.2, 0.25) is 0 Å². The Morgan fingerprint density at radius 2 is 1.95 bits per heavy atom. The number of carbonyl (C=O) groups excluding carboxylic acids is 2. The summed E-state index contributed by atoms with van der Waals surface area (Å²) in [4.78, 5) is 25.2. The molecule has 22 heavy (non-hydrogen) atoms. The van der Waals surface area contributed by atoms with Crippen molar-refractivity contribution in [1.29, 1.82) is 0 Å². The lowest BCUT2D eigenvalue weighted by molar-refractivity contribution is -0.137. The van der Waals surface area contributed by atoms with Crippen LogP contribution in [0.1, 0.15) is 29.3 Å². The van der Waals surface area contributed by atoms with E-state index in [1.807, 2.05) is 6.92 Å². The quantitative estimate of drug-likeness (QED) is 0.927.